The van der Waals surface area contributed by atoms with Crippen molar-refractivity contribution < 1.29 is 26.0 Å². The van der Waals surface area contributed by atoms with Gasteiger partial charge >= 0.3 is 6.18 Å². The van der Waals surface area contributed by atoms with Crippen molar-refractivity contribution in [2.24, 2.45) is 0 Å². The molecule has 0 aliphatic carbocycles. The fraction of sp³-hybridized carbons (Fsp3) is 0.263. The van der Waals surface area contributed by atoms with E-state index in [-0.39, 0.29) is 4.90 Å². The molecule has 0 bridgehead atoms. The van der Waals surface area contributed by atoms with Gasteiger partial charge in [-0.3, -0.25) is 4.72 Å². The molecule has 10 heteroatoms. The predicted molar refractivity (Wildman–Crippen MR) is 104 cm³/mol. The van der Waals surface area contributed by atoms with Crippen LogP contribution >= 0.6 is 0 Å². The Balaban J connectivity index is 1.66. The minimum Gasteiger partial charge on any atom is -0.462 e. The number of piperazine rings is 1. The van der Waals surface area contributed by atoms with Gasteiger partial charge in [-0.25, -0.2) is 8.42 Å². The Bertz CT molecular complexity index is 1120. The number of fused-ring (bicyclic) bond motifs is 1. The molecule has 6 nitrogen and oxygen atoms in total. The number of sulfonamides is 1. The summed E-state index contributed by atoms with van der Waals surface area (Å²) < 4.78 is 71.6. The van der Waals surface area contributed by atoms with Crippen molar-refractivity contribution in [3.8, 4) is 0 Å². The van der Waals surface area contributed by atoms with Gasteiger partial charge in [0.1, 0.15) is 0 Å². The van der Waals surface area contributed by atoms with Gasteiger partial charge in [0, 0.05) is 31.6 Å². The highest BCUT2D eigenvalue weighted by Gasteiger charge is 2.30. The zero-order valence-electron chi connectivity index (χ0n) is 15.2. The summed E-state index contributed by atoms with van der Waals surface area (Å²) in [4.78, 5) is 1.85. The number of nitrogens with zero attached hydrogens (tertiary/aromatic N) is 1. The Morgan fingerprint density at radius 3 is 2.38 bits per heavy atom. The lowest BCUT2D eigenvalue weighted by atomic mass is 10.2. The minimum atomic E-state index is -4.53. The van der Waals surface area contributed by atoms with Gasteiger partial charge in [-0.05, 0) is 42.5 Å². The third-order valence-electron chi connectivity index (χ3n) is 4.73. The van der Waals surface area contributed by atoms with Crippen molar-refractivity contribution in [3.05, 3.63) is 54.3 Å². The first kappa shape index (κ1) is 19.6. The van der Waals surface area contributed by atoms with Gasteiger partial charge in [0.05, 0.1) is 28.1 Å². The maximum Gasteiger partial charge on any atom is 0.416 e. The van der Waals surface area contributed by atoms with Gasteiger partial charge in [-0.15, -0.1) is 0 Å². The molecule has 0 unspecified atom stereocenters. The van der Waals surface area contributed by atoms with Gasteiger partial charge in [0.15, 0.2) is 5.58 Å². The van der Waals surface area contributed by atoms with Crippen molar-refractivity contribution in [3.63, 3.8) is 0 Å². The average molecular weight is 425 g/mol. The number of benzene rings is 2. The number of nitrogens with one attached hydrogen (secondary N) is 2. The number of halogens is 3. The number of anilines is 2. The zero-order chi connectivity index (χ0) is 20.6. The second-order valence-electron chi connectivity index (χ2n) is 6.70. The molecule has 2 aromatic carbocycles. The highest BCUT2D eigenvalue weighted by atomic mass is 32.2. The number of hydrogen-bond donors (Lipinski definition) is 2. The molecule has 0 atom stereocenters. The summed E-state index contributed by atoms with van der Waals surface area (Å²) >= 11 is 0. The molecule has 0 amide bonds. The Kier molecular flexibility index (Phi) is 4.91. The fourth-order valence-corrected chi connectivity index (χ4v) is 4.34. The topological polar surface area (TPSA) is 74.6 Å². The van der Waals surface area contributed by atoms with Crippen LogP contribution in [0.2, 0.25) is 0 Å². The van der Waals surface area contributed by atoms with Crippen molar-refractivity contribution in [2.45, 2.75) is 11.1 Å². The van der Waals surface area contributed by atoms with E-state index in [4.69, 9.17) is 4.42 Å². The summed E-state index contributed by atoms with van der Waals surface area (Å²) in [5.74, 6) is 0. The molecule has 0 spiro atoms. The lowest BCUT2D eigenvalue weighted by Gasteiger charge is -2.29. The highest BCUT2D eigenvalue weighted by molar-refractivity contribution is 7.92. The summed E-state index contributed by atoms with van der Waals surface area (Å²) in [6.45, 7) is 3.07. The molecule has 1 aliphatic rings. The van der Waals surface area contributed by atoms with Crippen LogP contribution in [0.15, 0.2) is 58.0 Å². The molecular formula is C19H18F3N3O3S. The molecule has 2 N–H and O–H groups in total. The molecule has 154 valence electrons. The molecule has 1 fully saturated rings. The van der Waals surface area contributed by atoms with E-state index in [0.717, 1.165) is 61.5 Å². The smallest absolute Gasteiger partial charge is 0.416 e. The van der Waals surface area contributed by atoms with Crippen molar-refractivity contribution in [1.29, 1.82) is 0 Å². The maximum absolute atomic E-state index is 12.7. The maximum atomic E-state index is 12.7. The van der Waals surface area contributed by atoms with Crippen LogP contribution in [-0.2, 0) is 16.2 Å². The molecule has 0 radical (unpaired) electrons. The van der Waals surface area contributed by atoms with E-state index in [9.17, 15) is 21.6 Å². The second kappa shape index (κ2) is 7.27. The van der Waals surface area contributed by atoms with E-state index in [1.54, 1.807) is 18.2 Å². The van der Waals surface area contributed by atoms with Gasteiger partial charge < -0.3 is 14.6 Å². The Morgan fingerprint density at radius 2 is 1.72 bits per heavy atom. The molecule has 1 aromatic heterocycles. The standard InChI is InChI=1S/C19H18F3N3O3S/c20-19(21,22)14-1-3-16(4-2-14)29(26,27)24-15-11-13-5-10-28-18(13)17(12-15)25-8-6-23-7-9-25/h1-5,10-12,23-24H,6-9H2. The van der Waals surface area contributed by atoms with Crippen LogP contribution in [0.5, 0.6) is 0 Å². The average Bonchev–Trinajstić information content (AvgIpc) is 3.16. The fourth-order valence-electron chi connectivity index (χ4n) is 3.30. The number of alkyl halides is 3. The van der Waals surface area contributed by atoms with Gasteiger partial charge in [0.2, 0.25) is 0 Å². The predicted octanol–water partition coefficient (Wildman–Crippen LogP) is 3.66. The third kappa shape index (κ3) is 4.03. The molecule has 29 heavy (non-hydrogen) atoms. The summed E-state index contributed by atoms with van der Waals surface area (Å²) in [7, 11) is -4.05. The van der Waals surface area contributed by atoms with Crippen LogP contribution in [0.4, 0.5) is 24.5 Å². The summed E-state index contributed by atoms with van der Waals surface area (Å²) in [5, 5.41) is 3.98. The zero-order valence-corrected chi connectivity index (χ0v) is 16.0. The summed E-state index contributed by atoms with van der Waals surface area (Å²) in [6, 6.07) is 8.43. The molecule has 0 saturated carbocycles. The van der Waals surface area contributed by atoms with E-state index < -0.39 is 21.8 Å². The second-order valence-corrected chi connectivity index (χ2v) is 8.38. The van der Waals surface area contributed by atoms with E-state index >= 15 is 0 Å². The number of rotatable bonds is 4. The summed E-state index contributed by atoms with van der Waals surface area (Å²) in [5.41, 5.74) is 0.827. The lowest BCUT2D eigenvalue weighted by Crippen LogP contribution is -2.43. The first-order chi connectivity index (χ1) is 13.7. The van der Waals surface area contributed by atoms with Crippen LogP contribution in [0, 0.1) is 0 Å². The largest absolute Gasteiger partial charge is 0.462 e. The lowest BCUT2D eigenvalue weighted by molar-refractivity contribution is -0.137. The molecule has 3 aromatic rings. The molecule has 1 saturated heterocycles. The van der Waals surface area contributed by atoms with Crippen LogP contribution in [0.25, 0.3) is 11.0 Å². The van der Waals surface area contributed by atoms with Crippen molar-refractivity contribution in [1.82, 2.24) is 5.32 Å². The molecule has 1 aliphatic heterocycles. The number of furan rings is 1. The normalized spacial score (nSPS) is 15.6. The first-order valence-electron chi connectivity index (χ1n) is 8.91. The SMILES string of the molecule is O=S(=O)(Nc1cc(N2CCNCC2)c2occc2c1)c1ccc(C(F)(F)F)cc1. The molecular weight excluding hydrogens is 407 g/mol. The van der Waals surface area contributed by atoms with Crippen LogP contribution in [0.3, 0.4) is 0 Å². The van der Waals surface area contributed by atoms with E-state index in [2.05, 4.69) is 14.9 Å². The van der Waals surface area contributed by atoms with Crippen LogP contribution < -0.4 is 14.9 Å². The first-order valence-corrected chi connectivity index (χ1v) is 10.4. The Morgan fingerprint density at radius 1 is 1.03 bits per heavy atom. The van der Waals surface area contributed by atoms with Crippen LogP contribution in [0.1, 0.15) is 5.56 Å². The number of hydrogen-bond acceptors (Lipinski definition) is 5. The Hall–Kier alpha value is -2.72. The minimum absolute atomic E-state index is 0.249. The highest BCUT2D eigenvalue weighted by Crippen LogP contribution is 2.34. The third-order valence-corrected chi connectivity index (χ3v) is 6.13. The van der Waals surface area contributed by atoms with E-state index in [0.29, 0.717) is 11.3 Å². The Labute approximate surface area is 165 Å². The van der Waals surface area contributed by atoms with Crippen molar-refractivity contribution in [2.75, 3.05) is 35.8 Å². The van der Waals surface area contributed by atoms with Crippen LogP contribution in [-0.4, -0.2) is 34.6 Å². The monoisotopic (exact) mass is 425 g/mol. The van der Waals surface area contributed by atoms with Crippen molar-refractivity contribution >= 4 is 32.4 Å². The van der Waals surface area contributed by atoms with E-state index in [1.807, 2.05) is 0 Å². The van der Waals surface area contributed by atoms with Gasteiger partial charge in [-0.2, -0.15) is 13.2 Å². The van der Waals surface area contributed by atoms with E-state index in [1.165, 1.54) is 6.26 Å². The molecule has 2 heterocycles. The summed E-state index contributed by atoms with van der Waals surface area (Å²) in [6.07, 6.45) is -3.00. The van der Waals surface area contributed by atoms with Gasteiger partial charge in [-0.1, -0.05) is 0 Å². The molecule has 4 rings (SSSR count). The quantitative estimate of drug-likeness (QED) is 0.667. The van der Waals surface area contributed by atoms with Gasteiger partial charge in [0.25, 0.3) is 10.0 Å².